The van der Waals surface area contributed by atoms with E-state index in [0.717, 1.165) is 12.8 Å². The third-order valence-electron chi connectivity index (χ3n) is 4.74. The number of hydrogen-bond acceptors (Lipinski definition) is 4. The summed E-state index contributed by atoms with van der Waals surface area (Å²) < 4.78 is 16.4. The normalized spacial score (nSPS) is 20.2. The molecule has 0 radical (unpaired) electrons. The number of amides is 1. The van der Waals surface area contributed by atoms with Gasteiger partial charge in [0.2, 0.25) is 0 Å². The number of furan rings is 1. The summed E-state index contributed by atoms with van der Waals surface area (Å²) in [5, 5.41) is 0. The van der Waals surface area contributed by atoms with Gasteiger partial charge >= 0.3 is 0 Å². The van der Waals surface area contributed by atoms with E-state index in [2.05, 4.69) is 12.1 Å². The van der Waals surface area contributed by atoms with E-state index >= 15 is 0 Å². The van der Waals surface area contributed by atoms with Crippen LogP contribution in [-0.2, 0) is 15.9 Å². The average molecular weight is 343 g/mol. The number of carbonyl (C=O) groups excluding carboxylic acids is 1. The van der Waals surface area contributed by atoms with Gasteiger partial charge in [0, 0.05) is 13.7 Å². The first-order chi connectivity index (χ1) is 12.2. The molecule has 1 aliphatic heterocycles. The van der Waals surface area contributed by atoms with Crippen molar-refractivity contribution in [2.75, 3.05) is 26.9 Å². The van der Waals surface area contributed by atoms with Crippen LogP contribution in [0.4, 0.5) is 0 Å². The number of carbonyl (C=O) groups is 1. The molecular formula is C20H25NO4. The van der Waals surface area contributed by atoms with E-state index in [1.807, 2.05) is 30.0 Å². The van der Waals surface area contributed by atoms with Crippen LogP contribution in [0.15, 0.2) is 47.1 Å². The number of likely N-dealkylation sites (tertiary alicyclic amines) is 1. The molecule has 2 aromatic rings. The maximum Gasteiger partial charge on any atom is 0.257 e. The van der Waals surface area contributed by atoms with Gasteiger partial charge in [-0.05, 0) is 31.4 Å². The monoisotopic (exact) mass is 343 g/mol. The maximum absolute atomic E-state index is 13.0. The zero-order valence-corrected chi connectivity index (χ0v) is 14.8. The molecule has 2 heterocycles. The summed E-state index contributed by atoms with van der Waals surface area (Å²) >= 11 is 0. The van der Waals surface area contributed by atoms with Crippen LogP contribution >= 0.6 is 0 Å². The molecule has 1 aliphatic rings. The van der Waals surface area contributed by atoms with Gasteiger partial charge in [-0.25, -0.2) is 0 Å². The van der Waals surface area contributed by atoms with Gasteiger partial charge in [0.15, 0.2) is 0 Å². The summed E-state index contributed by atoms with van der Waals surface area (Å²) in [5.74, 6) is 0.678. The van der Waals surface area contributed by atoms with Crippen molar-refractivity contribution in [1.82, 2.24) is 4.90 Å². The van der Waals surface area contributed by atoms with E-state index in [9.17, 15) is 4.79 Å². The molecule has 1 amide bonds. The summed E-state index contributed by atoms with van der Waals surface area (Å²) in [6.07, 6.45) is 3.20. The van der Waals surface area contributed by atoms with Crippen LogP contribution in [0.1, 0.15) is 28.1 Å². The van der Waals surface area contributed by atoms with Gasteiger partial charge in [0.25, 0.3) is 5.91 Å². The van der Waals surface area contributed by atoms with Crippen molar-refractivity contribution >= 4 is 5.91 Å². The van der Waals surface area contributed by atoms with Crippen LogP contribution < -0.4 is 0 Å². The number of methoxy groups -OCH3 is 1. The number of rotatable bonds is 7. The SMILES string of the molecule is COCCO[C@@H]1CCN(C(=O)c2ccoc2C)[C@@H]1Cc1ccccc1. The number of hydrogen-bond donors (Lipinski definition) is 0. The average Bonchev–Trinajstić information content (AvgIpc) is 3.22. The molecule has 5 heteroatoms. The van der Waals surface area contributed by atoms with Gasteiger partial charge in [-0.2, -0.15) is 0 Å². The highest BCUT2D eigenvalue weighted by Gasteiger charge is 2.38. The van der Waals surface area contributed by atoms with Crippen molar-refractivity contribution in [1.29, 1.82) is 0 Å². The van der Waals surface area contributed by atoms with Gasteiger partial charge in [-0.3, -0.25) is 4.79 Å². The lowest BCUT2D eigenvalue weighted by Gasteiger charge is -2.28. The minimum absolute atomic E-state index is 0.0149. The van der Waals surface area contributed by atoms with Gasteiger partial charge in [-0.15, -0.1) is 0 Å². The second-order valence-electron chi connectivity index (χ2n) is 6.34. The van der Waals surface area contributed by atoms with Gasteiger partial charge in [-0.1, -0.05) is 30.3 Å². The minimum Gasteiger partial charge on any atom is -0.469 e. The Morgan fingerprint density at radius 3 is 2.72 bits per heavy atom. The lowest BCUT2D eigenvalue weighted by atomic mass is 10.0. The van der Waals surface area contributed by atoms with Crippen LogP contribution in [0.5, 0.6) is 0 Å². The molecule has 25 heavy (non-hydrogen) atoms. The second kappa shape index (κ2) is 8.32. The first-order valence-corrected chi connectivity index (χ1v) is 8.70. The third kappa shape index (κ3) is 4.11. The molecule has 134 valence electrons. The lowest BCUT2D eigenvalue weighted by molar-refractivity contribution is 0.000473. The highest BCUT2D eigenvalue weighted by atomic mass is 16.5. The van der Waals surface area contributed by atoms with Crippen LogP contribution in [0.2, 0.25) is 0 Å². The highest BCUT2D eigenvalue weighted by Crippen LogP contribution is 2.27. The quantitative estimate of drug-likeness (QED) is 0.725. The fourth-order valence-electron chi connectivity index (χ4n) is 3.41. The van der Waals surface area contributed by atoms with Gasteiger partial charge < -0.3 is 18.8 Å². The van der Waals surface area contributed by atoms with E-state index in [4.69, 9.17) is 13.9 Å². The smallest absolute Gasteiger partial charge is 0.257 e. The summed E-state index contributed by atoms with van der Waals surface area (Å²) in [6, 6.07) is 12.0. The predicted molar refractivity (Wildman–Crippen MR) is 94.6 cm³/mol. The van der Waals surface area contributed by atoms with E-state index < -0.39 is 0 Å². The zero-order valence-electron chi connectivity index (χ0n) is 14.8. The first kappa shape index (κ1) is 17.7. The molecule has 2 atom stereocenters. The van der Waals surface area contributed by atoms with Crippen molar-refractivity contribution < 1.29 is 18.7 Å². The lowest BCUT2D eigenvalue weighted by Crippen LogP contribution is -2.42. The third-order valence-corrected chi connectivity index (χ3v) is 4.74. The van der Waals surface area contributed by atoms with E-state index in [1.165, 1.54) is 5.56 Å². The maximum atomic E-state index is 13.0. The fraction of sp³-hybridized carbons (Fsp3) is 0.450. The van der Waals surface area contributed by atoms with Crippen molar-refractivity contribution in [3.8, 4) is 0 Å². The largest absolute Gasteiger partial charge is 0.469 e. The van der Waals surface area contributed by atoms with Crippen LogP contribution in [-0.4, -0.2) is 49.8 Å². The molecule has 0 bridgehead atoms. The number of aryl methyl sites for hydroxylation is 1. The summed E-state index contributed by atoms with van der Waals surface area (Å²) in [7, 11) is 1.66. The van der Waals surface area contributed by atoms with Crippen LogP contribution in [0.3, 0.4) is 0 Å². The molecule has 1 fully saturated rings. The van der Waals surface area contributed by atoms with Crippen molar-refractivity contribution in [3.05, 3.63) is 59.5 Å². The standard InChI is InChI=1S/C20H25NO4/c1-15-17(9-11-24-15)20(22)21-10-8-19(25-13-12-23-2)18(21)14-16-6-4-3-5-7-16/h3-7,9,11,18-19H,8,10,12-14H2,1-2H3/t18-,19-/m1/s1. The fourth-order valence-corrected chi connectivity index (χ4v) is 3.41. The number of ether oxygens (including phenoxy) is 2. The predicted octanol–water partition coefficient (Wildman–Crippen LogP) is 3.08. The zero-order chi connectivity index (χ0) is 17.6. The minimum atomic E-state index is 0.0149. The van der Waals surface area contributed by atoms with E-state index in [-0.39, 0.29) is 18.1 Å². The van der Waals surface area contributed by atoms with E-state index in [1.54, 1.807) is 19.4 Å². The molecule has 1 saturated heterocycles. The van der Waals surface area contributed by atoms with Crippen LogP contribution in [0, 0.1) is 6.92 Å². The molecule has 0 aliphatic carbocycles. The molecule has 0 N–H and O–H groups in total. The number of nitrogens with zero attached hydrogens (tertiary/aromatic N) is 1. The Morgan fingerprint density at radius 2 is 2.04 bits per heavy atom. The molecular weight excluding hydrogens is 318 g/mol. The van der Waals surface area contributed by atoms with Gasteiger partial charge in [0.05, 0.1) is 37.2 Å². The first-order valence-electron chi connectivity index (χ1n) is 8.70. The Hall–Kier alpha value is -2.11. The Morgan fingerprint density at radius 1 is 1.24 bits per heavy atom. The summed E-state index contributed by atoms with van der Waals surface area (Å²) in [5.41, 5.74) is 1.84. The molecule has 1 aromatic carbocycles. The summed E-state index contributed by atoms with van der Waals surface area (Å²) in [4.78, 5) is 14.9. The molecule has 5 nitrogen and oxygen atoms in total. The van der Waals surface area contributed by atoms with Crippen molar-refractivity contribution in [3.63, 3.8) is 0 Å². The molecule has 3 rings (SSSR count). The topological polar surface area (TPSA) is 51.9 Å². The summed E-state index contributed by atoms with van der Waals surface area (Å²) in [6.45, 7) is 3.61. The Kier molecular flexibility index (Phi) is 5.89. The molecule has 0 unspecified atom stereocenters. The number of benzene rings is 1. The van der Waals surface area contributed by atoms with Crippen molar-refractivity contribution in [2.24, 2.45) is 0 Å². The van der Waals surface area contributed by atoms with Gasteiger partial charge in [0.1, 0.15) is 5.76 Å². The molecule has 0 spiro atoms. The Labute approximate surface area is 148 Å². The van der Waals surface area contributed by atoms with Crippen LogP contribution in [0.25, 0.3) is 0 Å². The Balaban J connectivity index is 1.78. The second-order valence-corrected chi connectivity index (χ2v) is 6.34. The molecule has 0 saturated carbocycles. The van der Waals surface area contributed by atoms with Crippen molar-refractivity contribution in [2.45, 2.75) is 31.9 Å². The highest BCUT2D eigenvalue weighted by molar-refractivity contribution is 5.95. The Bertz CT molecular complexity index is 682. The molecule has 1 aromatic heterocycles. The van der Waals surface area contributed by atoms with E-state index in [0.29, 0.717) is 31.1 Å².